The van der Waals surface area contributed by atoms with Crippen molar-refractivity contribution in [1.29, 1.82) is 0 Å². The van der Waals surface area contributed by atoms with E-state index in [0.717, 1.165) is 17.4 Å². The van der Waals surface area contributed by atoms with Crippen molar-refractivity contribution in [3.63, 3.8) is 0 Å². The third-order valence-electron chi connectivity index (χ3n) is 6.82. The van der Waals surface area contributed by atoms with E-state index >= 15 is 0 Å². The lowest BCUT2D eigenvalue weighted by atomic mass is 10.00. The molecule has 12 heteroatoms. The van der Waals surface area contributed by atoms with Crippen molar-refractivity contribution in [2.45, 2.75) is 50.0 Å². The Hall–Kier alpha value is -2.50. The van der Waals surface area contributed by atoms with Crippen LogP contribution in [0.25, 0.3) is 21.3 Å². The number of thioether (sulfide) groups is 1. The highest BCUT2D eigenvalue weighted by atomic mass is 35.5. The molecule has 1 aromatic carbocycles. The van der Waals surface area contributed by atoms with E-state index in [-0.39, 0.29) is 40.8 Å². The lowest BCUT2D eigenvalue weighted by Crippen LogP contribution is -2.58. The summed E-state index contributed by atoms with van der Waals surface area (Å²) in [5.74, 6) is 0.429. The van der Waals surface area contributed by atoms with Gasteiger partial charge >= 0.3 is 11.9 Å². The standard InChI is InChI=1S/C25H24ClF3N4O2S2/c1-5-19(34)32-12(2)8-31(9-13(32)3)23-16-7-17(25(27,28)29)20(18-6-15(26)11-36-18)22-21(16)33(24(35)30-23)14(4)10-37-22/h5-7,11-14H,1,8-10H2,2-4H3/t12-,13+,14?. The molecule has 2 aliphatic rings. The fourth-order valence-corrected chi connectivity index (χ4v) is 7.85. The summed E-state index contributed by atoms with van der Waals surface area (Å²) in [7, 11) is 0. The van der Waals surface area contributed by atoms with E-state index in [9.17, 15) is 22.8 Å². The number of aromatic nitrogens is 2. The minimum absolute atomic E-state index is 0.0437. The Kier molecular flexibility index (Phi) is 6.60. The number of thiophene rings is 1. The van der Waals surface area contributed by atoms with E-state index in [0.29, 0.717) is 39.2 Å². The van der Waals surface area contributed by atoms with Crippen LogP contribution in [0.15, 0.2) is 39.9 Å². The summed E-state index contributed by atoms with van der Waals surface area (Å²) >= 11 is 8.56. The average Bonchev–Trinajstić information content (AvgIpc) is 3.25. The van der Waals surface area contributed by atoms with Gasteiger partial charge in [-0.2, -0.15) is 18.2 Å². The molecule has 5 rings (SSSR count). The van der Waals surface area contributed by atoms with E-state index in [2.05, 4.69) is 11.6 Å². The third-order valence-corrected chi connectivity index (χ3v) is 9.45. The van der Waals surface area contributed by atoms with Gasteiger partial charge in [0, 0.05) is 63.1 Å². The zero-order valence-corrected chi connectivity index (χ0v) is 22.7. The van der Waals surface area contributed by atoms with Gasteiger partial charge in [-0.05, 0) is 39.0 Å². The quantitative estimate of drug-likeness (QED) is 0.359. The molecule has 0 bridgehead atoms. The highest BCUT2D eigenvalue weighted by Gasteiger charge is 2.40. The molecule has 2 aromatic heterocycles. The topological polar surface area (TPSA) is 58.4 Å². The highest BCUT2D eigenvalue weighted by Crippen LogP contribution is 2.51. The molecular formula is C25H24ClF3N4O2S2. The van der Waals surface area contributed by atoms with Crippen LogP contribution in [0.5, 0.6) is 0 Å². The van der Waals surface area contributed by atoms with Crippen molar-refractivity contribution in [3.05, 3.63) is 51.2 Å². The molecule has 3 aromatic rings. The van der Waals surface area contributed by atoms with Crippen LogP contribution in [0.3, 0.4) is 0 Å². The first kappa shape index (κ1) is 26.1. The number of hydrogen-bond acceptors (Lipinski definition) is 6. The molecule has 4 heterocycles. The van der Waals surface area contributed by atoms with E-state index < -0.39 is 17.4 Å². The third kappa shape index (κ3) is 4.34. The summed E-state index contributed by atoms with van der Waals surface area (Å²) < 4.78 is 45.1. The number of carbonyl (C=O) groups is 1. The SMILES string of the molecule is C=CC(=O)N1[C@H](C)CN(c2nc(=O)n3c4c(c(-c5cc(Cl)cs5)c(C(F)(F)F)cc24)SCC3C)C[C@@H]1C. The normalized spacial score (nSPS) is 22.0. The van der Waals surface area contributed by atoms with Crippen molar-refractivity contribution in [3.8, 4) is 10.4 Å². The van der Waals surface area contributed by atoms with Crippen molar-refractivity contribution in [2.24, 2.45) is 0 Å². The van der Waals surface area contributed by atoms with E-state index in [1.165, 1.54) is 28.5 Å². The van der Waals surface area contributed by atoms with Crippen LogP contribution in [0, 0.1) is 0 Å². The number of hydrogen-bond donors (Lipinski definition) is 0. The maximum atomic E-state index is 14.5. The second kappa shape index (κ2) is 9.36. The summed E-state index contributed by atoms with van der Waals surface area (Å²) in [6.45, 7) is 9.78. The van der Waals surface area contributed by atoms with Gasteiger partial charge in [-0.1, -0.05) is 18.2 Å². The monoisotopic (exact) mass is 568 g/mol. The lowest BCUT2D eigenvalue weighted by Gasteiger charge is -2.45. The van der Waals surface area contributed by atoms with Gasteiger partial charge in [0.15, 0.2) is 0 Å². The molecule has 0 saturated carbocycles. The van der Waals surface area contributed by atoms with E-state index in [1.54, 1.807) is 10.3 Å². The molecule has 0 radical (unpaired) electrons. The zero-order valence-electron chi connectivity index (χ0n) is 20.3. The maximum absolute atomic E-state index is 14.5. The number of benzene rings is 1. The van der Waals surface area contributed by atoms with Crippen LogP contribution in [0.1, 0.15) is 32.4 Å². The first-order valence-electron chi connectivity index (χ1n) is 11.7. The molecule has 1 fully saturated rings. The summed E-state index contributed by atoms with van der Waals surface area (Å²) in [5, 5.41) is 2.23. The summed E-state index contributed by atoms with van der Waals surface area (Å²) in [6, 6.07) is 1.88. The molecule has 0 aliphatic carbocycles. The van der Waals surface area contributed by atoms with Gasteiger partial charge in [-0.15, -0.1) is 23.1 Å². The molecule has 2 aliphatic heterocycles. The maximum Gasteiger partial charge on any atom is 0.417 e. The number of amides is 1. The van der Waals surface area contributed by atoms with Gasteiger partial charge in [-0.25, -0.2) is 4.79 Å². The predicted octanol–water partition coefficient (Wildman–Crippen LogP) is 6.08. The summed E-state index contributed by atoms with van der Waals surface area (Å²) in [6.07, 6.45) is -3.39. The number of piperazine rings is 1. The number of nitrogens with zero attached hydrogens (tertiary/aromatic N) is 4. The predicted molar refractivity (Wildman–Crippen MR) is 143 cm³/mol. The van der Waals surface area contributed by atoms with Crippen LogP contribution in [0.2, 0.25) is 5.02 Å². The lowest BCUT2D eigenvalue weighted by molar-refractivity contribution is -0.137. The van der Waals surface area contributed by atoms with Gasteiger partial charge in [0.25, 0.3) is 0 Å². The molecular weight excluding hydrogens is 545 g/mol. The van der Waals surface area contributed by atoms with Crippen LogP contribution < -0.4 is 10.6 Å². The Morgan fingerprint density at radius 2 is 1.86 bits per heavy atom. The Morgan fingerprint density at radius 3 is 2.43 bits per heavy atom. The second-order valence-electron chi connectivity index (χ2n) is 9.45. The summed E-state index contributed by atoms with van der Waals surface area (Å²) in [5.41, 5.74) is -0.792. The van der Waals surface area contributed by atoms with Crippen molar-refractivity contribution in [1.82, 2.24) is 14.5 Å². The minimum Gasteiger partial charge on any atom is -0.352 e. The largest absolute Gasteiger partial charge is 0.417 e. The number of rotatable bonds is 3. The number of alkyl halides is 3. The number of carbonyl (C=O) groups excluding carboxylic acids is 1. The Labute approximate surface area is 224 Å². The molecule has 1 saturated heterocycles. The van der Waals surface area contributed by atoms with Crippen LogP contribution in [-0.2, 0) is 11.0 Å². The van der Waals surface area contributed by atoms with Crippen LogP contribution in [-0.4, -0.2) is 51.3 Å². The van der Waals surface area contributed by atoms with Gasteiger partial charge in [0.1, 0.15) is 5.82 Å². The van der Waals surface area contributed by atoms with Crippen molar-refractivity contribution in [2.75, 3.05) is 23.7 Å². The molecule has 1 unspecified atom stereocenters. The van der Waals surface area contributed by atoms with Gasteiger partial charge in [0.2, 0.25) is 5.91 Å². The first-order chi connectivity index (χ1) is 17.4. The van der Waals surface area contributed by atoms with Gasteiger partial charge in [-0.3, -0.25) is 9.36 Å². The van der Waals surface area contributed by atoms with Crippen molar-refractivity contribution >= 4 is 57.3 Å². The fourth-order valence-electron chi connectivity index (χ4n) is 5.37. The van der Waals surface area contributed by atoms with Crippen LogP contribution in [0.4, 0.5) is 19.0 Å². The molecule has 3 atom stereocenters. The average molecular weight is 569 g/mol. The van der Waals surface area contributed by atoms with Gasteiger partial charge in [0.05, 0.1) is 16.1 Å². The zero-order chi connectivity index (χ0) is 26.8. The van der Waals surface area contributed by atoms with E-state index in [1.807, 2.05) is 25.7 Å². The van der Waals surface area contributed by atoms with Gasteiger partial charge < -0.3 is 9.80 Å². The number of anilines is 1. The first-order valence-corrected chi connectivity index (χ1v) is 13.9. The Bertz CT molecular complexity index is 1470. The van der Waals surface area contributed by atoms with E-state index in [4.69, 9.17) is 11.6 Å². The highest BCUT2D eigenvalue weighted by molar-refractivity contribution is 7.99. The second-order valence-corrected chi connectivity index (χ2v) is 11.8. The van der Waals surface area contributed by atoms with Crippen molar-refractivity contribution < 1.29 is 18.0 Å². The molecule has 196 valence electrons. The minimum atomic E-state index is -4.64. The molecule has 6 nitrogen and oxygen atoms in total. The molecule has 1 amide bonds. The van der Waals surface area contributed by atoms with Crippen LogP contribution >= 0.6 is 34.7 Å². The molecule has 0 N–H and O–H groups in total. The molecule has 0 spiro atoms. The number of halogens is 4. The summed E-state index contributed by atoms with van der Waals surface area (Å²) in [4.78, 5) is 34.4. The fraction of sp³-hybridized carbons (Fsp3) is 0.400. The smallest absolute Gasteiger partial charge is 0.352 e. The Morgan fingerprint density at radius 1 is 1.19 bits per heavy atom. The Balaban J connectivity index is 1.80. The molecule has 37 heavy (non-hydrogen) atoms.